The molecule has 1 N–H and O–H groups in total. The van der Waals surface area contributed by atoms with Gasteiger partial charge in [0.1, 0.15) is 5.54 Å². The molecule has 1 unspecified atom stereocenters. The normalized spacial score (nSPS) is 14.2. The maximum atomic E-state index is 12.0. The molecule has 0 bridgehead atoms. The number of hydrogen-bond donors (Lipinski definition) is 1. The minimum Gasteiger partial charge on any atom is -0.468 e. The molecule has 126 valence electrons. The molecule has 0 aromatic heterocycles. The van der Waals surface area contributed by atoms with Gasteiger partial charge < -0.3 is 15.0 Å². The molecule has 0 aliphatic rings. The number of nitrogens with zero attached hydrogens (tertiary/aromatic N) is 1. The van der Waals surface area contributed by atoms with E-state index in [1.165, 1.54) is 26.5 Å². The Labute approximate surface area is 131 Å². The molecular weight excluding hydrogens is 264 g/mol. The number of rotatable bonds is 13. The van der Waals surface area contributed by atoms with Crippen molar-refractivity contribution in [2.24, 2.45) is 0 Å². The molecular formula is C17H36N2O2. The fourth-order valence-corrected chi connectivity index (χ4v) is 2.51. The van der Waals surface area contributed by atoms with Gasteiger partial charge in [0.15, 0.2) is 0 Å². The van der Waals surface area contributed by atoms with E-state index in [0.29, 0.717) is 0 Å². The zero-order valence-electron chi connectivity index (χ0n) is 14.8. The number of ether oxygens (including phenoxy) is 1. The van der Waals surface area contributed by atoms with Crippen LogP contribution in [0, 0.1) is 0 Å². The average Bonchev–Trinajstić information content (AvgIpc) is 2.51. The van der Waals surface area contributed by atoms with Crippen molar-refractivity contribution in [2.75, 3.05) is 33.3 Å². The summed E-state index contributed by atoms with van der Waals surface area (Å²) in [6, 6.07) is 0. The van der Waals surface area contributed by atoms with Gasteiger partial charge in [0.05, 0.1) is 7.11 Å². The van der Waals surface area contributed by atoms with Crippen LogP contribution >= 0.6 is 0 Å². The van der Waals surface area contributed by atoms with Gasteiger partial charge in [-0.3, -0.25) is 4.79 Å². The highest BCUT2D eigenvalue weighted by molar-refractivity contribution is 5.80. The van der Waals surface area contributed by atoms with Crippen LogP contribution in [0.5, 0.6) is 0 Å². The van der Waals surface area contributed by atoms with Crippen LogP contribution in [0.25, 0.3) is 0 Å². The fourth-order valence-electron chi connectivity index (χ4n) is 2.51. The van der Waals surface area contributed by atoms with E-state index in [1.54, 1.807) is 0 Å². The van der Waals surface area contributed by atoms with E-state index in [9.17, 15) is 4.79 Å². The predicted molar refractivity (Wildman–Crippen MR) is 89.6 cm³/mol. The van der Waals surface area contributed by atoms with Crippen molar-refractivity contribution in [1.82, 2.24) is 10.2 Å². The summed E-state index contributed by atoms with van der Waals surface area (Å²) in [6.45, 7) is 12.8. The predicted octanol–water partition coefficient (Wildman–Crippen LogP) is 3.21. The second-order valence-corrected chi connectivity index (χ2v) is 6.00. The molecule has 0 saturated heterocycles. The largest absolute Gasteiger partial charge is 0.468 e. The Balaban J connectivity index is 4.15. The van der Waals surface area contributed by atoms with Crippen molar-refractivity contribution in [3.63, 3.8) is 0 Å². The second kappa shape index (κ2) is 12.0. The molecule has 0 heterocycles. The average molecular weight is 300 g/mol. The third-order valence-corrected chi connectivity index (χ3v) is 4.08. The number of esters is 1. The molecule has 0 aliphatic heterocycles. The molecule has 4 nitrogen and oxygen atoms in total. The molecule has 0 aromatic carbocycles. The summed E-state index contributed by atoms with van der Waals surface area (Å²) in [5.74, 6) is -0.144. The van der Waals surface area contributed by atoms with E-state index in [0.717, 1.165) is 45.3 Å². The molecule has 0 saturated carbocycles. The second-order valence-electron chi connectivity index (χ2n) is 6.00. The Morgan fingerprint density at radius 3 is 2.29 bits per heavy atom. The monoisotopic (exact) mass is 300 g/mol. The van der Waals surface area contributed by atoms with Gasteiger partial charge in [-0.1, -0.05) is 27.2 Å². The lowest BCUT2D eigenvalue weighted by molar-refractivity contribution is -0.148. The van der Waals surface area contributed by atoms with Crippen molar-refractivity contribution in [3.05, 3.63) is 0 Å². The summed E-state index contributed by atoms with van der Waals surface area (Å²) in [6.07, 6.45) is 6.56. The van der Waals surface area contributed by atoms with Crippen LogP contribution in [0.15, 0.2) is 0 Å². The summed E-state index contributed by atoms with van der Waals surface area (Å²) in [5.41, 5.74) is -0.536. The number of carbonyl (C=O) groups is 1. The SMILES string of the molecule is CCCCN(CC)CCCCC(C)(NCCC)C(=O)OC. The van der Waals surface area contributed by atoms with E-state index < -0.39 is 5.54 Å². The van der Waals surface area contributed by atoms with Crippen molar-refractivity contribution in [2.45, 2.75) is 71.8 Å². The Kier molecular flexibility index (Phi) is 11.6. The zero-order chi connectivity index (χ0) is 16.1. The molecule has 0 amide bonds. The van der Waals surface area contributed by atoms with Gasteiger partial charge in [0.2, 0.25) is 0 Å². The number of nitrogens with one attached hydrogen (secondary N) is 1. The van der Waals surface area contributed by atoms with Crippen LogP contribution in [0.2, 0.25) is 0 Å². The minimum atomic E-state index is -0.536. The van der Waals surface area contributed by atoms with E-state index in [1.807, 2.05) is 6.92 Å². The molecule has 0 aromatic rings. The molecule has 0 aliphatic carbocycles. The van der Waals surface area contributed by atoms with E-state index >= 15 is 0 Å². The zero-order valence-corrected chi connectivity index (χ0v) is 14.8. The maximum Gasteiger partial charge on any atom is 0.325 e. The third kappa shape index (κ3) is 8.42. The lowest BCUT2D eigenvalue weighted by Gasteiger charge is -2.28. The lowest BCUT2D eigenvalue weighted by atomic mass is 9.94. The molecule has 4 heteroatoms. The first-order valence-electron chi connectivity index (χ1n) is 8.59. The molecule has 1 atom stereocenters. The van der Waals surface area contributed by atoms with E-state index in [2.05, 4.69) is 31.0 Å². The van der Waals surface area contributed by atoms with Gasteiger partial charge in [-0.2, -0.15) is 0 Å². The van der Waals surface area contributed by atoms with Crippen LogP contribution in [0.1, 0.15) is 66.2 Å². The molecule has 0 rings (SSSR count). The quantitative estimate of drug-likeness (QED) is 0.419. The lowest BCUT2D eigenvalue weighted by Crippen LogP contribution is -2.50. The summed E-state index contributed by atoms with van der Waals surface area (Å²) >= 11 is 0. The number of carbonyl (C=O) groups excluding carboxylic acids is 1. The summed E-state index contributed by atoms with van der Waals surface area (Å²) in [7, 11) is 1.47. The first kappa shape index (κ1) is 20.4. The number of unbranched alkanes of at least 4 members (excludes halogenated alkanes) is 2. The number of hydrogen-bond acceptors (Lipinski definition) is 4. The first-order valence-corrected chi connectivity index (χ1v) is 8.59. The van der Waals surface area contributed by atoms with Gasteiger partial charge in [0, 0.05) is 0 Å². The van der Waals surface area contributed by atoms with Crippen molar-refractivity contribution >= 4 is 5.97 Å². The molecule has 0 fully saturated rings. The van der Waals surface area contributed by atoms with Crippen LogP contribution in [0.3, 0.4) is 0 Å². The summed E-state index contributed by atoms with van der Waals surface area (Å²) in [4.78, 5) is 14.5. The Morgan fingerprint density at radius 2 is 1.76 bits per heavy atom. The molecule has 21 heavy (non-hydrogen) atoms. The maximum absolute atomic E-state index is 12.0. The number of methoxy groups -OCH3 is 1. The van der Waals surface area contributed by atoms with Crippen LogP contribution in [-0.4, -0.2) is 49.7 Å². The van der Waals surface area contributed by atoms with E-state index in [-0.39, 0.29) is 5.97 Å². The van der Waals surface area contributed by atoms with E-state index in [4.69, 9.17) is 4.74 Å². The highest BCUT2D eigenvalue weighted by Crippen LogP contribution is 2.16. The highest BCUT2D eigenvalue weighted by Gasteiger charge is 2.32. The Bertz CT molecular complexity index is 272. The topological polar surface area (TPSA) is 41.6 Å². The van der Waals surface area contributed by atoms with Crippen molar-refractivity contribution in [3.8, 4) is 0 Å². The van der Waals surface area contributed by atoms with Gasteiger partial charge in [-0.15, -0.1) is 0 Å². The van der Waals surface area contributed by atoms with Crippen molar-refractivity contribution < 1.29 is 9.53 Å². The first-order chi connectivity index (χ1) is 10.0. The van der Waals surface area contributed by atoms with Gasteiger partial charge in [-0.25, -0.2) is 0 Å². The Hall–Kier alpha value is -0.610. The summed E-state index contributed by atoms with van der Waals surface area (Å²) in [5, 5.41) is 3.34. The van der Waals surface area contributed by atoms with Crippen molar-refractivity contribution in [1.29, 1.82) is 0 Å². The van der Waals surface area contributed by atoms with Gasteiger partial charge in [0.25, 0.3) is 0 Å². The fraction of sp³-hybridized carbons (Fsp3) is 0.941. The summed E-state index contributed by atoms with van der Waals surface area (Å²) < 4.78 is 4.95. The molecule has 0 spiro atoms. The van der Waals surface area contributed by atoms with Crippen LogP contribution in [-0.2, 0) is 9.53 Å². The smallest absolute Gasteiger partial charge is 0.325 e. The van der Waals surface area contributed by atoms with Gasteiger partial charge >= 0.3 is 5.97 Å². The van der Waals surface area contributed by atoms with Gasteiger partial charge in [-0.05, 0) is 65.2 Å². The third-order valence-electron chi connectivity index (χ3n) is 4.08. The molecule has 0 radical (unpaired) electrons. The van der Waals surface area contributed by atoms with Crippen LogP contribution < -0.4 is 5.32 Å². The highest BCUT2D eigenvalue weighted by atomic mass is 16.5. The standard InChI is InChI=1S/C17H36N2O2/c1-6-9-14-19(8-3)15-11-10-12-17(4,16(20)21-5)18-13-7-2/h18H,6-15H2,1-5H3. The van der Waals surface area contributed by atoms with Crippen LogP contribution in [0.4, 0.5) is 0 Å². The Morgan fingerprint density at radius 1 is 1.10 bits per heavy atom. The minimum absolute atomic E-state index is 0.144.